The van der Waals surface area contributed by atoms with E-state index in [9.17, 15) is 13.6 Å². The standard InChI is InChI=1S/C21H29F2N3O2/c22-18-5-3-4-16(19(18)23)13-25-14-17(21(15-25)6-10-28-11-7-21)12-24-20(27)26-8-1-2-9-26/h3-5,17H,1-2,6-15H2,(H,24,27). The summed E-state index contributed by atoms with van der Waals surface area (Å²) < 4.78 is 33.3. The van der Waals surface area contributed by atoms with Gasteiger partial charge in [0.15, 0.2) is 11.6 Å². The Morgan fingerprint density at radius 3 is 2.71 bits per heavy atom. The van der Waals surface area contributed by atoms with Crippen LogP contribution in [-0.4, -0.2) is 61.8 Å². The summed E-state index contributed by atoms with van der Waals surface area (Å²) in [4.78, 5) is 16.5. The van der Waals surface area contributed by atoms with Gasteiger partial charge in [0.2, 0.25) is 0 Å². The monoisotopic (exact) mass is 393 g/mol. The average Bonchev–Trinajstić information content (AvgIpc) is 3.33. The first kappa shape index (κ1) is 19.6. The molecule has 0 saturated carbocycles. The molecule has 0 bridgehead atoms. The minimum absolute atomic E-state index is 0.0225. The molecule has 1 unspecified atom stereocenters. The SMILES string of the molecule is O=C(NCC1CN(Cc2cccc(F)c2F)CC12CCOCC2)N1CCCC1. The molecule has 3 fully saturated rings. The number of urea groups is 1. The van der Waals surface area contributed by atoms with Crippen LogP contribution in [0.15, 0.2) is 18.2 Å². The summed E-state index contributed by atoms with van der Waals surface area (Å²) in [5, 5.41) is 3.13. The molecule has 7 heteroatoms. The Bertz CT molecular complexity index is 703. The fraction of sp³-hybridized carbons (Fsp3) is 0.667. The minimum atomic E-state index is -0.799. The highest BCUT2D eigenvalue weighted by Gasteiger charge is 2.47. The van der Waals surface area contributed by atoms with E-state index in [2.05, 4.69) is 10.2 Å². The van der Waals surface area contributed by atoms with Crippen LogP contribution in [-0.2, 0) is 11.3 Å². The fourth-order valence-electron chi connectivity index (χ4n) is 5.04. The average molecular weight is 393 g/mol. The molecule has 1 atom stereocenters. The summed E-state index contributed by atoms with van der Waals surface area (Å²) in [6.45, 7) is 5.73. The molecule has 4 rings (SSSR count). The molecule has 3 saturated heterocycles. The molecule has 0 aliphatic carbocycles. The van der Waals surface area contributed by atoms with Gasteiger partial charge in [0.25, 0.3) is 0 Å². The molecule has 1 N–H and O–H groups in total. The predicted octanol–water partition coefficient (Wildman–Crippen LogP) is 3.00. The molecule has 5 nitrogen and oxygen atoms in total. The van der Waals surface area contributed by atoms with Crippen LogP contribution in [0.1, 0.15) is 31.2 Å². The molecule has 3 heterocycles. The van der Waals surface area contributed by atoms with Crippen LogP contribution in [0.5, 0.6) is 0 Å². The van der Waals surface area contributed by atoms with E-state index < -0.39 is 11.6 Å². The molecular weight excluding hydrogens is 364 g/mol. The van der Waals surface area contributed by atoms with Crippen molar-refractivity contribution in [1.82, 2.24) is 15.1 Å². The van der Waals surface area contributed by atoms with E-state index in [0.717, 1.165) is 71.1 Å². The van der Waals surface area contributed by atoms with Crippen molar-refractivity contribution in [2.24, 2.45) is 11.3 Å². The van der Waals surface area contributed by atoms with Crippen molar-refractivity contribution in [3.05, 3.63) is 35.4 Å². The van der Waals surface area contributed by atoms with Crippen LogP contribution in [0.25, 0.3) is 0 Å². The van der Waals surface area contributed by atoms with Crippen LogP contribution in [0, 0.1) is 23.0 Å². The number of nitrogens with zero attached hydrogens (tertiary/aromatic N) is 2. The van der Waals surface area contributed by atoms with E-state index in [1.54, 1.807) is 12.1 Å². The maximum absolute atomic E-state index is 14.1. The van der Waals surface area contributed by atoms with Gasteiger partial charge in [-0.15, -0.1) is 0 Å². The fourth-order valence-corrected chi connectivity index (χ4v) is 5.04. The molecule has 1 aromatic rings. The lowest BCUT2D eigenvalue weighted by Gasteiger charge is -2.38. The third-order valence-electron chi connectivity index (χ3n) is 6.69. The predicted molar refractivity (Wildman–Crippen MR) is 102 cm³/mol. The van der Waals surface area contributed by atoms with E-state index in [1.807, 2.05) is 4.90 Å². The third kappa shape index (κ3) is 4.01. The summed E-state index contributed by atoms with van der Waals surface area (Å²) in [6.07, 6.45) is 4.04. The Kier molecular flexibility index (Phi) is 5.83. The Morgan fingerprint density at radius 1 is 1.21 bits per heavy atom. The van der Waals surface area contributed by atoms with Gasteiger partial charge >= 0.3 is 6.03 Å². The zero-order valence-electron chi connectivity index (χ0n) is 16.3. The summed E-state index contributed by atoms with van der Waals surface area (Å²) in [5.74, 6) is -1.26. The topological polar surface area (TPSA) is 44.8 Å². The zero-order chi connectivity index (χ0) is 19.6. The Balaban J connectivity index is 1.43. The second kappa shape index (κ2) is 8.33. The molecule has 28 heavy (non-hydrogen) atoms. The van der Waals surface area contributed by atoms with Gasteiger partial charge in [-0.05, 0) is 43.1 Å². The zero-order valence-corrected chi connectivity index (χ0v) is 16.3. The van der Waals surface area contributed by atoms with Gasteiger partial charge in [-0.25, -0.2) is 13.6 Å². The number of carbonyl (C=O) groups excluding carboxylic acids is 1. The number of hydrogen-bond donors (Lipinski definition) is 1. The van der Waals surface area contributed by atoms with Crippen molar-refractivity contribution in [2.45, 2.75) is 32.2 Å². The highest BCUT2D eigenvalue weighted by Crippen LogP contribution is 2.44. The molecule has 0 radical (unpaired) electrons. The molecular formula is C21H29F2N3O2. The lowest BCUT2D eigenvalue weighted by molar-refractivity contribution is -0.000108. The highest BCUT2D eigenvalue weighted by atomic mass is 19.2. The van der Waals surface area contributed by atoms with E-state index in [0.29, 0.717) is 24.6 Å². The van der Waals surface area contributed by atoms with E-state index in [1.165, 1.54) is 0 Å². The van der Waals surface area contributed by atoms with E-state index in [4.69, 9.17) is 4.74 Å². The van der Waals surface area contributed by atoms with Crippen molar-refractivity contribution in [2.75, 3.05) is 45.9 Å². The molecule has 1 spiro atoms. The van der Waals surface area contributed by atoms with Gasteiger partial charge in [0, 0.05) is 58.0 Å². The third-order valence-corrected chi connectivity index (χ3v) is 6.69. The highest BCUT2D eigenvalue weighted by molar-refractivity contribution is 5.74. The first-order valence-electron chi connectivity index (χ1n) is 10.3. The lowest BCUT2D eigenvalue weighted by Crippen LogP contribution is -2.45. The number of likely N-dealkylation sites (tertiary alicyclic amines) is 2. The molecule has 2 amide bonds. The van der Waals surface area contributed by atoms with Crippen molar-refractivity contribution in [3.63, 3.8) is 0 Å². The summed E-state index contributed by atoms with van der Waals surface area (Å²) in [7, 11) is 0. The maximum Gasteiger partial charge on any atom is 0.317 e. The largest absolute Gasteiger partial charge is 0.381 e. The minimum Gasteiger partial charge on any atom is -0.381 e. The molecule has 154 valence electrons. The summed E-state index contributed by atoms with van der Waals surface area (Å²) in [5.41, 5.74) is 0.462. The van der Waals surface area contributed by atoms with Gasteiger partial charge in [-0.1, -0.05) is 12.1 Å². The van der Waals surface area contributed by atoms with Gasteiger partial charge < -0.3 is 15.0 Å². The van der Waals surface area contributed by atoms with Crippen LogP contribution in [0.4, 0.5) is 13.6 Å². The number of nitrogens with one attached hydrogen (secondary N) is 1. The quantitative estimate of drug-likeness (QED) is 0.855. The lowest BCUT2D eigenvalue weighted by atomic mass is 9.72. The molecule has 3 aliphatic rings. The summed E-state index contributed by atoms with van der Waals surface area (Å²) in [6, 6.07) is 4.38. The normalized spacial score (nSPS) is 24.8. The molecule has 0 aromatic heterocycles. The molecule has 3 aliphatic heterocycles. The van der Waals surface area contributed by atoms with Gasteiger partial charge in [0.1, 0.15) is 0 Å². The van der Waals surface area contributed by atoms with Gasteiger partial charge in [0.05, 0.1) is 0 Å². The van der Waals surface area contributed by atoms with Crippen LogP contribution in [0.2, 0.25) is 0 Å². The van der Waals surface area contributed by atoms with Crippen molar-refractivity contribution < 1.29 is 18.3 Å². The number of amides is 2. The van der Waals surface area contributed by atoms with Crippen molar-refractivity contribution in [3.8, 4) is 0 Å². The number of carbonyl (C=O) groups is 1. The number of ether oxygens (including phenoxy) is 1. The van der Waals surface area contributed by atoms with Crippen molar-refractivity contribution in [1.29, 1.82) is 0 Å². The number of benzene rings is 1. The van der Waals surface area contributed by atoms with E-state index in [-0.39, 0.29) is 11.4 Å². The molecule has 1 aromatic carbocycles. The van der Waals surface area contributed by atoms with Crippen LogP contribution in [0.3, 0.4) is 0 Å². The maximum atomic E-state index is 14.1. The second-order valence-electron chi connectivity index (χ2n) is 8.43. The Morgan fingerprint density at radius 2 is 1.96 bits per heavy atom. The van der Waals surface area contributed by atoms with Crippen LogP contribution < -0.4 is 5.32 Å². The summed E-state index contributed by atoms with van der Waals surface area (Å²) >= 11 is 0. The smallest absolute Gasteiger partial charge is 0.317 e. The van der Waals surface area contributed by atoms with Crippen LogP contribution >= 0.6 is 0 Å². The first-order chi connectivity index (χ1) is 13.6. The Labute approximate surface area is 165 Å². The number of halogens is 2. The Hall–Kier alpha value is -1.73. The second-order valence-corrected chi connectivity index (χ2v) is 8.43. The number of hydrogen-bond acceptors (Lipinski definition) is 3. The van der Waals surface area contributed by atoms with Gasteiger partial charge in [-0.3, -0.25) is 4.90 Å². The van der Waals surface area contributed by atoms with E-state index >= 15 is 0 Å². The van der Waals surface area contributed by atoms with Gasteiger partial charge in [-0.2, -0.15) is 0 Å². The number of rotatable bonds is 4. The van der Waals surface area contributed by atoms with Crippen molar-refractivity contribution >= 4 is 6.03 Å². The first-order valence-corrected chi connectivity index (χ1v) is 10.3.